The van der Waals surface area contributed by atoms with E-state index in [0.717, 1.165) is 29.4 Å². The SMILES string of the molecule is CCCCN1C(=O)C2Cc3c([nH]c4ccccc34)C(C)(C)N2C1=O. The molecule has 2 aliphatic heterocycles. The summed E-state index contributed by atoms with van der Waals surface area (Å²) in [5, 5.41) is 1.16. The fourth-order valence-corrected chi connectivity index (χ4v) is 4.23. The third kappa shape index (κ3) is 1.87. The molecule has 126 valence electrons. The molecule has 1 aromatic carbocycles. The summed E-state index contributed by atoms with van der Waals surface area (Å²) in [6.45, 7) is 6.65. The largest absolute Gasteiger partial charge is 0.356 e. The van der Waals surface area contributed by atoms with Crippen molar-refractivity contribution >= 4 is 22.8 Å². The van der Waals surface area contributed by atoms with E-state index in [1.54, 1.807) is 4.90 Å². The first-order chi connectivity index (χ1) is 11.5. The maximum atomic E-state index is 12.9. The molecule has 0 saturated carbocycles. The van der Waals surface area contributed by atoms with Crippen molar-refractivity contribution in [3.63, 3.8) is 0 Å². The minimum atomic E-state index is -0.523. The molecular weight excluding hydrogens is 302 g/mol. The normalized spacial score (nSPS) is 22.2. The van der Waals surface area contributed by atoms with Crippen LogP contribution < -0.4 is 0 Å². The molecule has 4 rings (SSSR count). The minimum Gasteiger partial charge on any atom is -0.356 e. The fraction of sp³-hybridized carbons (Fsp3) is 0.474. The van der Waals surface area contributed by atoms with Crippen molar-refractivity contribution in [2.75, 3.05) is 6.54 Å². The number of hydrogen-bond donors (Lipinski definition) is 1. The number of nitrogens with zero attached hydrogens (tertiary/aromatic N) is 2. The van der Waals surface area contributed by atoms with Gasteiger partial charge in [0.05, 0.1) is 5.54 Å². The number of para-hydroxylation sites is 1. The van der Waals surface area contributed by atoms with Crippen LogP contribution in [0.3, 0.4) is 0 Å². The van der Waals surface area contributed by atoms with Gasteiger partial charge in [-0.3, -0.25) is 9.69 Å². The van der Waals surface area contributed by atoms with E-state index in [2.05, 4.69) is 18.0 Å². The van der Waals surface area contributed by atoms with Crippen LogP contribution in [-0.2, 0) is 16.8 Å². The van der Waals surface area contributed by atoms with Gasteiger partial charge in [0.1, 0.15) is 6.04 Å². The lowest BCUT2D eigenvalue weighted by Gasteiger charge is -2.42. The van der Waals surface area contributed by atoms with Gasteiger partial charge in [0.25, 0.3) is 5.91 Å². The molecule has 3 amide bonds. The average Bonchev–Trinajstić information content (AvgIpc) is 3.04. The van der Waals surface area contributed by atoms with E-state index in [0.29, 0.717) is 13.0 Å². The molecule has 2 aliphatic rings. The maximum Gasteiger partial charge on any atom is 0.328 e. The van der Waals surface area contributed by atoms with Gasteiger partial charge in [0, 0.05) is 29.6 Å². The van der Waals surface area contributed by atoms with Crippen molar-refractivity contribution < 1.29 is 9.59 Å². The van der Waals surface area contributed by atoms with Crippen LogP contribution in [0.2, 0.25) is 0 Å². The Bertz CT molecular complexity index is 836. The number of amides is 3. The van der Waals surface area contributed by atoms with Crippen molar-refractivity contribution in [2.24, 2.45) is 0 Å². The lowest BCUT2D eigenvalue weighted by molar-refractivity contribution is -0.129. The molecule has 3 heterocycles. The van der Waals surface area contributed by atoms with Gasteiger partial charge in [-0.05, 0) is 31.9 Å². The van der Waals surface area contributed by atoms with Crippen molar-refractivity contribution in [3.05, 3.63) is 35.5 Å². The molecule has 5 nitrogen and oxygen atoms in total. The topological polar surface area (TPSA) is 56.4 Å². The Morgan fingerprint density at radius 2 is 2.00 bits per heavy atom. The zero-order valence-electron chi connectivity index (χ0n) is 14.4. The van der Waals surface area contributed by atoms with Crippen molar-refractivity contribution in [1.29, 1.82) is 0 Å². The highest BCUT2D eigenvalue weighted by atomic mass is 16.2. The Morgan fingerprint density at radius 1 is 1.25 bits per heavy atom. The van der Waals surface area contributed by atoms with Crippen molar-refractivity contribution in [2.45, 2.75) is 51.6 Å². The Morgan fingerprint density at radius 3 is 2.75 bits per heavy atom. The van der Waals surface area contributed by atoms with Gasteiger partial charge >= 0.3 is 6.03 Å². The van der Waals surface area contributed by atoms with Crippen LogP contribution in [0.25, 0.3) is 10.9 Å². The second-order valence-corrected chi connectivity index (χ2v) is 7.30. The summed E-state index contributed by atoms with van der Waals surface area (Å²) in [4.78, 5) is 32.5. The summed E-state index contributed by atoms with van der Waals surface area (Å²) >= 11 is 0. The number of aromatic amines is 1. The molecule has 1 atom stereocenters. The Kier molecular flexibility index (Phi) is 3.24. The van der Waals surface area contributed by atoms with Crippen molar-refractivity contribution in [3.8, 4) is 0 Å². The summed E-state index contributed by atoms with van der Waals surface area (Å²) < 4.78 is 0. The molecule has 0 radical (unpaired) electrons. The molecular formula is C19H23N3O2. The van der Waals surface area contributed by atoms with Gasteiger partial charge in [-0.15, -0.1) is 0 Å². The van der Waals surface area contributed by atoms with Crippen LogP contribution in [0.1, 0.15) is 44.9 Å². The Balaban J connectivity index is 1.82. The number of imide groups is 1. The summed E-state index contributed by atoms with van der Waals surface area (Å²) in [5.41, 5.74) is 2.78. The highest BCUT2D eigenvalue weighted by Gasteiger charge is 2.55. The van der Waals surface area contributed by atoms with E-state index in [9.17, 15) is 9.59 Å². The first-order valence-corrected chi connectivity index (χ1v) is 8.71. The van der Waals surface area contributed by atoms with Gasteiger partial charge in [-0.25, -0.2) is 4.79 Å². The van der Waals surface area contributed by atoms with E-state index in [1.165, 1.54) is 10.5 Å². The fourth-order valence-electron chi connectivity index (χ4n) is 4.23. The molecule has 1 saturated heterocycles. The number of nitrogens with one attached hydrogen (secondary N) is 1. The van der Waals surface area contributed by atoms with Gasteiger partial charge in [-0.1, -0.05) is 31.5 Å². The first kappa shape index (κ1) is 15.2. The van der Waals surface area contributed by atoms with Gasteiger partial charge < -0.3 is 9.88 Å². The molecule has 2 aromatic rings. The number of unbranched alkanes of at least 4 members (excludes halogenated alkanes) is 1. The average molecular weight is 325 g/mol. The number of hydrogen-bond acceptors (Lipinski definition) is 2. The number of urea groups is 1. The maximum absolute atomic E-state index is 12.9. The van der Waals surface area contributed by atoms with Crippen LogP contribution in [0.4, 0.5) is 4.79 Å². The van der Waals surface area contributed by atoms with Crippen LogP contribution in [0, 0.1) is 0 Å². The number of rotatable bonds is 3. The third-order valence-electron chi connectivity index (χ3n) is 5.46. The predicted molar refractivity (Wildman–Crippen MR) is 92.7 cm³/mol. The molecule has 5 heteroatoms. The summed E-state index contributed by atoms with van der Waals surface area (Å²) in [6, 6.07) is 7.63. The van der Waals surface area contributed by atoms with Gasteiger partial charge in [0.2, 0.25) is 0 Å². The molecule has 24 heavy (non-hydrogen) atoms. The molecule has 1 N–H and O–H groups in total. The zero-order chi connectivity index (χ0) is 17.1. The van der Waals surface area contributed by atoms with E-state index in [4.69, 9.17) is 0 Å². The van der Waals surface area contributed by atoms with Crippen molar-refractivity contribution in [1.82, 2.24) is 14.8 Å². The molecule has 0 bridgehead atoms. The molecule has 1 aromatic heterocycles. The van der Waals surface area contributed by atoms with E-state index in [-0.39, 0.29) is 18.0 Å². The minimum absolute atomic E-state index is 0.0440. The van der Waals surface area contributed by atoms with E-state index < -0.39 is 5.54 Å². The lowest BCUT2D eigenvalue weighted by Crippen LogP contribution is -2.52. The number of carbonyl (C=O) groups excluding carboxylic acids is 2. The van der Waals surface area contributed by atoms with Crippen LogP contribution in [0.5, 0.6) is 0 Å². The second kappa shape index (κ2) is 5.10. The first-order valence-electron chi connectivity index (χ1n) is 8.71. The highest BCUT2D eigenvalue weighted by Crippen LogP contribution is 2.44. The number of fused-ring (bicyclic) bond motifs is 4. The van der Waals surface area contributed by atoms with Crippen LogP contribution in [-0.4, -0.2) is 39.3 Å². The smallest absolute Gasteiger partial charge is 0.328 e. The van der Waals surface area contributed by atoms with Crippen LogP contribution in [0.15, 0.2) is 24.3 Å². The molecule has 0 aliphatic carbocycles. The second-order valence-electron chi connectivity index (χ2n) is 7.30. The monoisotopic (exact) mass is 325 g/mol. The Labute approximate surface area is 141 Å². The summed E-state index contributed by atoms with van der Waals surface area (Å²) in [6.07, 6.45) is 2.41. The zero-order valence-corrected chi connectivity index (χ0v) is 14.4. The number of H-pyrrole nitrogens is 1. The highest BCUT2D eigenvalue weighted by molar-refractivity contribution is 6.05. The van der Waals surface area contributed by atoms with E-state index in [1.807, 2.05) is 32.0 Å². The quantitative estimate of drug-likeness (QED) is 0.880. The molecule has 1 fully saturated rings. The Hall–Kier alpha value is -2.30. The number of benzene rings is 1. The van der Waals surface area contributed by atoms with Gasteiger partial charge in [0.15, 0.2) is 0 Å². The van der Waals surface area contributed by atoms with E-state index >= 15 is 0 Å². The van der Waals surface area contributed by atoms with Crippen LogP contribution >= 0.6 is 0 Å². The predicted octanol–water partition coefficient (Wildman–Crippen LogP) is 3.39. The summed E-state index contributed by atoms with van der Waals surface area (Å²) in [5.74, 6) is -0.0440. The summed E-state index contributed by atoms with van der Waals surface area (Å²) in [7, 11) is 0. The molecule has 1 unspecified atom stereocenters. The molecule has 0 spiro atoms. The van der Waals surface area contributed by atoms with Gasteiger partial charge in [-0.2, -0.15) is 0 Å². The number of aromatic nitrogens is 1. The lowest BCUT2D eigenvalue weighted by atomic mass is 9.85. The third-order valence-corrected chi connectivity index (χ3v) is 5.46. The number of carbonyl (C=O) groups is 2. The standard InChI is InChI=1S/C19H23N3O2/c1-4-5-10-21-17(23)15-11-13-12-8-6-7-9-14(12)20-16(13)19(2,3)22(15)18(21)24/h6-9,15,20H,4-5,10-11H2,1-3H3.